The molecule has 2 aromatic rings. The van der Waals surface area contributed by atoms with Gasteiger partial charge in [0.25, 0.3) is 5.69 Å². The first-order chi connectivity index (χ1) is 15.4. The number of anilines is 2. The fourth-order valence-electron chi connectivity index (χ4n) is 4.33. The van der Waals surface area contributed by atoms with Crippen molar-refractivity contribution in [2.45, 2.75) is 24.2 Å². The molecule has 0 saturated carbocycles. The number of methoxy groups -OCH3 is 1. The van der Waals surface area contributed by atoms with Gasteiger partial charge in [0.15, 0.2) is 0 Å². The summed E-state index contributed by atoms with van der Waals surface area (Å²) in [5.74, 6) is 0.794. The highest BCUT2D eigenvalue weighted by atomic mass is 32.2. The quantitative estimate of drug-likeness (QED) is 0.483. The van der Waals surface area contributed by atoms with Crippen LogP contribution in [0.1, 0.15) is 19.3 Å². The van der Waals surface area contributed by atoms with Gasteiger partial charge in [-0.1, -0.05) is 6.42 Å². The lowest BCUT2D eigenvalue weighted by Gasteiger charge is -2.37. The largest absolute Gasteiger partial charge is 0.497 e. The van der Waals surface area contributed by atoms with Crippen LogP contribution in [-0.4, -0.2) is 64.0 Å². The Hall–Kier alpha value is -2.85. The Labute approximate surface area is 188 Å². The van der Waals surface area contributed by atoms with Crippen molar-refractivity contribution in [2.24, 2.45) is 0 Å². The molecule has 0 bridgehead atoms. The molecule has 10 heteroatoms. The highest BCUT2D eigenvalue weighted by molar-refractivity contribution is 7.89. The number of nitrogens with zero attached hydrogens (tertiary/aromatic N) is 4. The number of nitro groups is 1. The lowest BCUT2D eigenvalue weighted by atomic mass is 10.2. The molecule has 0 aliphatic carbocycles. The summed E-state index contributed by atoms with van der Waals surface area (Å²) in [6.07, 6.45) is 2.64. The first kappa shape index (κ1) is 22.3. The monoisotopic (exact) mass is 460 g/mol. The SMILES string of the molecule is COc1ccc(N2CCN(c3ccc(S(=O)(=O)N4CCCCC4)cc3[N+](=O)[O-])CC2)cc1. The standard InChI is InChI=1S/C22H28N4O5S/c1-31-19-7-5-18(6-8-19)23-13-15-24(16-14-23)21-10-9-20(17-22(21)26(27)28)32(29,30)25-11-3-2-4-12-25/h5-10,17H,2-4,11-16H2,1H3. The summed E-state index contributed by atoms with van der Waals surface area (Å²) in [7, 11) is -2.10. The van der Waals surface area contributed by atoms with Crippen LogP contribution in [0.5, 0.6) is 5.75 Å². The molecule has 0 atom stereocenters. The van der Waals surface area contributed by atoms with Gasteiger partial charge in [0.1, 0.15) is 11.4 Å². The van der Waals surface area contributed by atoms with Crippen molar-refractivity contribution in [3.63, 3.8) is 0 Å². The third-order valence-corrected chi connectivity index (χ3v) is 8.05. The van der Waals surface area contributed by atoms with Crippen LogP contribution in [0.25, 0.3) is 0 Å². The van der Waals surface area contributed by atoms with Crippen LogP contribution in [0.15, 0.2) is 47.4 Å². The van der Waals surface area contributed by atoms with E-state index in [2.05, 4.69) is 4.90 Å². The molecule has 4 rings (SSSR count). The van der Waals surface area contributed by atoms with Crippen molar-refractivity contribution >= 4 is 27.1 Å². The van der Waals surface area contributed by atoms with Crippen molar-refractivity contribution < 1.29 is 18.1 Å². The molecule has 0 aromatic heterocycles. The van der Waals surface area contributed by atoms with Gasteiger partial charge in [0.2, 0.25) is 10.0 Å². The van der Waals surface area contributed by atoms with E-state index < -0.39 is 14.9 Å². The van der Waals surface area contributed by atoms with Crippen molar-refractivity contribution in [3.05, 3.63) is 52.6 Å². The molecule has 0 N–H and O–H groups in total. The average molecular weight is 461 g/mol. The number of rotatable bonds is 6. The average Bonchev–Trinajstić information content (AvgIpc) is 2.84. The molecule has 2 saturated heterocycles. The van der Waals surface area contributed by atoms with Crippen LogP contribution in [-0.2, 0) is 10.0 Å². The van der Waals surface area contributed by atoms with E-state index in [-0.39, 0.29) is 10.6 Å². The van der Waals surface area contributed by atoms with Crippen LogP contribution in [0.2, 0.25) is 0 Å². The number of piperazine rings is 1. The van der Waals surface area contributed by atoms with Crippen LogP contribution in [0.3, 0.4) is 0 Å². The van der Waals surface area contributed by atoms with Gasteiger partial charge in [0, 0.05) is 51.0 Å². The van der Waals surface area contributed by atoms with E-state index in [0.717, 1.165) is 30.7 Å². The van der Waals surface area contributed by atoms with E-state index in [4.69, 9.17) is 4.74 Å². The number of hydrogen-bond donors (Lipinski definition) is 0. The predicted octanol–water partition coefficient (Wildman–Crippen LogP) is 3.10. The Bertz CT molecular complexity index is 1060. The molecule has 2 fully saturated rings. The van der Waals surface area contributed by atoms with Crippen LogP contribution in [0.4, 0.5) is 17.1 Å². The first-order valence-corrected chi connectivity index (χ1v) is 12.3. The Balaban J connectivity index is 1.52. The van der Waals surface area contributed by atoms with Crippen molar-refractivity contribution in [2.75, 3.05) is 56.2 Å². The van der Waals surface area contributed by atoms with Gasteiger partial charge in [-0.2, -0.15) is 4.31 Å². The molecule has 2 aliphatic heterocycles. The highest BCUT2D eigenvalue weighted by Gasteiger charge is 2.30. The number of benzene rings is 2. The summed E-state index contributed by atoms with van der Waals surface area (Å²) >= 11 is 0. The van der Waals surface area contributed by atoms with Gasteiger partial charge in [0.05, 0.1) is 16.9 Å². The maximum Gasteiger partial charge on any atom is 0.293 e. The molecule has 172 valence electrons. The normalized spacial score (nSPS) is 17.9. The molecule has 2 heterocycles. The molecular weight excluding hydrogens is 432 g/mol. The summed E-state index contributed by atoms with van der Waals surface area (Å²) in [5.41, 5.74) is 1.37. The summed E-state index contributed by atoms with van der Waals surface area (Å²) in [4.78, 5) is 15.5. The highest BCUT2D eigenvalue weighted by Crippen LogP contribution is 2.33. The molecule has 0 amide bonds. The minimum atomic E-state index is -3.72. The molecular formula is C22H28N4O5S. The van der Waals surface area contributed by atoms with Crippen LogP contribution < -0.4 is 14.5 Å². The third-order valence-electron chi connectivity index (χ3n) is 6.15. The second kappa shape index (κ2) is 9.33. The molecule has 2 aliphatic rings. The Kier molecular flexibility index (Phi) is 6.52. The van der Waals surface area contributed by atoms with E-state index in [0.29, 0.717) is 45.0 Å². The Morgan fingerprint density at radius 1 is 0.875 bits per heavy atom. The topological polar surface area (TPSA) is 96.2 Å². The van der Waals surface area contributed by atoms with E-state index in [1.807, 2.05) is 29.2 Å². The van der Waals surface area contributed by atoms with Crippen molar-refractivity contribution in [3.8, 4) is 5.75 Å². The minimum absolute atomic E-state index is 0.00767. The second-order valence-electron chi connectivity index (χ2n) is 8.04. The number of nitro benzene ring substituents is 1. The van der Waals surface area contributed by atoms with E-state index in [9.17, 15) is 18.5 Å². The fourth-order valence-corrected chi connectivity index (χ4v) is 5.87. The zero-order valence-electron chi connectivity index (χ0n) is 18.1. The first-order valence-electron chi connectivity index (χ1n) is 10.8. The Morgan fingerprint density at radius 3 is 2.09 bits per heavy atom. The zero-order valence-corrected chi connectivity index (χ0v) is 19.0. The zero-order chi connectivity index (χ0) is 22.7. The molecule has 0 spiro atoms. The second-order valence-corrected chi connectivity index (χ2v) is 9.98. The smallest absolute Gasteiger partial charge is 0.293 e. The summed E-state index contributed by atoms with van der Waals surface area (Å²) in [6.45, 7) is 3.54. The third kappa shape index (κ3) is 4.51. The van der Waals surface area contributed by atoms with Crippen LogP contribution >= 0.6 is 0 Å². The van der Waals surface area contributed by atoms with E-state index in [1.54, 1.807) is 13.2 Å². The molecule has 9 nitrogen and oxygen atoms in total. The molecule has 0 radical (unpaired) electrons. The number of ether oxygens (including phenoxy) is 1. The van der Waals surface area contributed by atoms with Gasteiger partial charge in [-0.05, 0) is 49.2 Å². The van der Waals surface area contributed by atoms with Crippen molar-refractivity contribution in [1.29, 1.82) is 0 Å². The van der Waals surface area contributed by atoms with Gasteiger partial charge in [-0.25, -0.2) is 8.42 Å². The van der Waals surface area contributed by atoms with Gasteiger partial charge >= 0.3 is 0 Å². The summed E-state index contributed by atoms with van der Waals surface area (Å²) < 4.78 is 32.6. The van der Waals surface area contributed by atoms with Gasteiger partial charge < -0.3 is 14.5 Å². The fraction of sp³-hybridized carbons (Fsp3) is 0.455. The van der Waals surface area contributed by atoms with Gasteiger partial charge in [-0.15, -0.1) is 0 Å². The molecule has 2 aromatic carbocycles. The number of hydrogen-bond acceptors (Lipinski definition) is 7. The van der Waals surface area contributed by atoms with Crippen LogP contribution in [0, 0.1) is 10.1 Å². The van der Waals surface area contributed by atoms with E-state index in [1.165, 1.54) is 16.4 Å². The molecule has 32 heavy (non-hydrogen) atoms. The predicted molar refractivity (Wildman–Crippen MR) is 123 cm³/mol. The lowest BCUT2D eigenvalue weighted by molar-refractivity contribution is -0.384. The van der Waals surface area contributed by atoms with E-state index >= 15 is 0 Å². The number of sulfonamides is 1. The minimum Gasteiger partial charge on any atom is -0.497 e. The summed E-state index contributed by atoms with van der Waals surface area (Å²) in [5, 5.41) is 11.8. The lowest BCUT2D eigenvalue weighted by Crippen LogP contribution is -2.46. The van der Waals surface area contributed by atoms with Crippen molar-refractivity contribution in [1.82, 2.24) is 4.31 Å². The maximum absolute atomic E-state index is 13.0. The maximum atomic E-state index is 13.0. The molecule has 0 unspecified atom stereocenters. The number of piperidine rings is 1. The Morgan fingerprint density at radius 2 is 1.50 bits per heavy atom. The van der Waals surface area contributed by atoms with Gasteiger partial charge in [-0.3, -0.25) is 10.1 Å². The summed E-state index contributed by atoms with van der Waals surface area (Å²) in [6, 6.07) is 12.1.